The summed E-state index contributed by atoms with van der Waals surface area (Å²) in [5, 5.41) is 5.92. The summed E-state index contributed by atoms with van der Waals surface area (Å²) in [6, 6.07) is 13.8. The third-order valence-electron chi connectivity index (χ3n) is 4.32. The molecule has 5 heterocycles. The van der Waals surface area contributed by atoms with Crippen LogP contribution in [0.5, 0.6) is 17.5 Å². The van der Waals surface area contributed by atoms with Crippen molar-refractivity contribution < 1.29 is 27.4 Å². The predicted molar refractivity (Wildman–Crippen MR) is 115 cm³/mol. The number of nitrogens with one attached hydrogen (secondary N) is 2. The number of alkyl halides is 3. The van der Waals surface area contributed by atoms with Gasteiger partial charge in [-0.2, -0.15) is 28.1 Å². The summed E-state index contributed by atoms with van der Waals surface area (Å²) in [5.41, 5.74) is 1.50. The molecule has 4 aliphatic rings. The Bertz CT molecular complexity index is 1090. The van der Waals surface area contributed by atoms with Crippen LogP contribution in [0, 0.1) is 0 Å². The van der Waals surface area contributed by atoms with Crippen molar-refractivity contribution in [2.75, 3.05) is 30.5 Å². The molecule has 8 nitrogen and oxygen atoms in total. The largest absolute Gasteiger partial charge is 0.490 e. The average Bonchev–Trinajstić information content (AvgIpc) is 2.79. The minimum Gasteiger partial charge on any atom is -0.490 e. The summed E-state index contributed by atoms with van der Waals surface area (Å²) in [4.78, 5) is 12.1. The van der Waals surface area contributed by atoms with E-state index in [4.69, 9.17) is 14.2 Å². The fourth-order valence-corrected chi connectivity index (χ4v) is 2.78. The van der Waals surface area contributed by atoms with E-state index in [1.54, 1.807) is 24.3 Å². The van der Waals surface area contributed by atoms with Crippen molar-refractivity contribution in [1.29, 1.82) is 0 Å². The topological polar surface area (TPSA) is 90.4 Å². The molecule has 0 spiro atoms. The van der Waals surface area contributed by atoms with Crippen LogP contribution >= 0.6 is 0 Å². The molecule has 0 amide bonds. The summed E-state index contributed by atoms with van der Waals surface area (Å²) in [6.07, 6.45) is -0.791. The number of aromatic nitrogens is 3. The van der Waals surface area contributed by atoms with E-state index in [2.05, 4.69) is 25.6 Å². The lowest BCUT2D eigenvalue weighted by molar-refractivity contribution is -0.154. The first-order valence-corrected chi connectivity index (χ1v) is 9.99. The highest BCUT2D eigenvalue weighted by Crippen LogP contribution is 2.22. The highest BCUT2D eigenvalue weighted by Gasteiger charge is 2.29. The van der Waals surface area contributed by atoms with Gasteiger partial charge in [-0.05, 0) is 54.1 Å². The van der Waals surface area contributed by atoms with Gasteiger partial charge in [0, 0.05) is 12.2 Å². The van der Waals surface area contributed by atoms with Crippen LogP contribution in [0.3, 0.4) is 0 Å². The molecule has 0 saturated carbocycles. The Morgan fingerprint density at radius 1 is 0.818 bits per heavy atom. The highest BCUT2D eigenvalue weighted by molar-refractivity contribution is 5.55. The molecule has 6 bridgehead atoms. The van der Waals surface area contributed by atoms with E-state index >= 15 is 0 Å². The van der Waals surface area contributed by atoms with Crippen molar-refractivity contribution in [2.24, 2.45) is 0 Å². The number of anilines is 3. The molecule has 2 aromatic carbocycles. The van der Waals surface area contributed by atoms with Gasteiger partial charge in [0.25, 0.3) is 0 Å². The number of nitrogens with zero attached hydrogens (tertiary/aromatic N) is 3. The molecule has 0 unspecified atom stereocenters. The fraction of sp³-hybridized carbons (Fsp3) is 0.227. The average molecular weight is 459 g/mol. The quantitative estimate of drug-likeness (QED) is 0.542. The van der Waals surface area contributed by atoms with E-state index < -0.39 is 18.8 Å². The first-order valence-electron chi connectivity index (χ1n) is 9.99. The molecule has 11 heteroatoms. The van der Waals surface area contributed by atoms with E-state index in [-0.39, 0.29) is 11.9 Å². The molecule has 4 aliphatic heterocycles. The van der Waals surface area contributed by atoms with Gasteiger partial charge in [0.2, 0.25) is 11.9 Å². The summed E-state index contributed by atoms with van der Waals surface area (Å²) in [6.45, 7) is -0.415. The van der Waals surface area contributed by atoms with Gasteiger partial charge in [-0.1, -0.05) is 12.1 Å². The molecule has 33 heavy (non-hydrogen) atoms. The lowest BCUT2D eigenvalue weighted by Gasteiger charge is -2.12. The molecule has 1 aromatic heterocycles. The van der Waals surface area contributed by atoms with Crippen LogP contribution in [-0.4, -0.2) is 40.9 Å². The standard InChI is InChI=1S/C22H20F3N5O3/c23-22(24,25)14-33-21-29-19-26-13-15-3-7-17(8-4-15)31-11-1-2-12-32-18-9-5-16(6-10-18)27-20(28-19)30-21/h1-10H,11-14H2,(H2,26,27,28,29,30)/b2-1+. The number of ether oxygens (including phenoxy) is 3. The van der Waals surface area contributed by atoms with Gasteiger partial charge < -0.3 is 24.8 Å². The van der Waals surface area contributed by atoms with Crippen LogP contribution in [0.15, 0.2) is 60.7 Å². The summed E-state index contributed by atoms with van der Waals surface area (Å²) < 4.78 is 53.8. The van der Waals surface area contributed by atoms with Crippen LogP contribution in [-0.2, 0) is 6.54 Å². The van der Waals surface area contributed by atoms with Crippen molar-refractivity contribution in [1.82, 2.24) is 15.0 Å². The van der Waals surface area contributed by atoms with E-state index in [9.17, 15) is 13.2 Å². The lowest BCUT2D eigenvalue weighted by Crippen LogP contribution is -2.21. The van der Waals surface area contributed by atoms with Crippen LogP contribution in [0.2, 0.25) is 0 Å². The number of rotatable bonds is 2. The molecular formula is C22H20F3N5O3. The number of hydrogen-bond donors (Lipinski definition) is 2. The second kappa shape index (κ2) is 10.1. The van der Waals surface area contributed by atoms with Crippen molar-refractivity contribution in [3.63, 3.8) is 0 Å². The molecule has 172 valence electrons. The highest BCUT2D eigenvalue weighted by atomic mass is 19.4. The monoisotopic (exact) mass is 459 g/mol. The lowest BCUT2D eigenvalue weighted by atomic mass is 10.2. The van der Waals surface area contributed by atoms with Crippen LogP contribution < -0.4 is 24.8 Å². The molecule has 0 aliphatic carbocycles. The first-order chi connectivity index (χ1) is 15.9. The van der Waals surface area contributed by atoms with Crippen molar-refractivity contribution >= 4 is 17.6 Å². The van der Waals surface area contributed by atoms with Gasteiger partial charge >= 0.3 is 12.2 Å². The maximum Gasteiger partial charge on any atom is 0.422 e. The predicted octanol–water partition coefficient (Wildman–Crippen LogP) is 4.50. The van der Waals surface area contributed by atoms with Crippen molar-refractivity contribution in [3.05, 3.63) is 66.2 Å². The SMILES string of the molecule is FC(F)(F)COc1nc2nc(n1)Nc1ccc(cc1)OC/C=C/COc1ccc(cc1)CN2. The third kappa shape index (κ3) is 6.99. The zero-order chi connectivity index (χ0) is 23.1. The van der Waals surface area contributed by atoms with E-state index in [0.717, 1.165) is 5.56 Å². The Labute approximate surface area is 187 Å². The van der Waals surface area contributed by atoms with Crippen LogP contribution in [0.25, 0.3) is 0 Å². The Kier molecular flexibility index (Phi) is 6.77. The molecular weight excluding hydrogens is 439 g/mol. The van der Waals surface area contributed by atoms with Gasteiger partial charge in [0.15, 0.2) is 6.61 Å². The molecule has 7 rings (SSSR count). The fourth-order valence-electron chi connectivity index (χ4n) is 2.78. The number of hydrogen-bond acceptors (Lipinski definition) is 8. The maximum atomic E-state index is 12.6. The smallest absolute Gasteiger partial charge is 0.422 e. The summed E-state index contributed by atoms with van der Waals surface area (Å²) in [5.74, 6) is 1.43. The van der Waals surface area contributed by atoms with Gasteiger partial charge in [-0.25, -0.2) is 0 Å². The molecule has 0 radical (unpaired) electrons. The maximum absolute atomic E-state index is 12.6. The second-order valence-corrected chi connectivity index (χ2v) is 6.91. The molecule has 0 fully saturated rings. The minimum atomic E-state index is -4.52. The molecule has 2 N–H and O–H groups in total. The van der Waals surface area contributed by atoms with Crippen molar-refractivity contribution in [3.8, 4) is 17.5 Å². The Balaban J connectivity index is 1.60. The molecule has 3 aromatic rings. The Morgan fingerprint density at radius 3 is 2.06 bits per heavy atom. The van der Waals surface area contributed by atoms with Crippen LogP contribution in [0.4, 0.5) is 30.8 Å². The third-order valence-corrected chi connectivity index (χ3v) is 4.32. The van der Waals surface area contributed by atoms with E-state index in [1.165, 1.54) is 0 Å². The summed E-state index contributed by atoms with van der Waals surface area (Å²) in [7, 11) is 0. The van der Waals surface area contributed by atoms with E-state index in [1.807, 2.05) is 36.4 Å². The van der Waals surface area contributed by atoms with Crippen molar-refractivity contribution in [2.45, 2.75) is 12.7 Å². The normalized spacial score (nSPS) is 14.9. The first kappa shape index (κ1) is 22.2. The van der Waals surface area contributed by atoms with Gasteiger partial charge in [-0.3, -0.25) is 0 Å². The summed E-state index contributed by atoms with van der Waals surface area (Å²) >= 11 is 0. The number of halogens is 3. The second-order valence-electron chi connectivity index (χ2n) is 6.91. The number of benzene rings is 2. The molecule has 0 atom stereocenters. The molecule has 0 saturated heterocycles. The van der Waals surface area contributed by atoms with Gasteiger partial charge in [0.05, 0.1) is 0 Å². The van der Waals surface area contributed by atoms with E-state index in [0.29, 0.717) is 36.9 Å². The van der Waals surface area contributed by atoms with Gasteiger partial charge in [-0.15, -0.1) is 0 Å². The zero-order valence-corrected chi connectivity index (χ0v) is 17.3. The van der Waals surface area contributed by atoms with Crippen LogP contribution in [0.1, 0.15) is 5.56 Å². The Hall–Kier alpha value is -4.02. The minimum absolute atomic E-state index is 0.0272. The zero-order valence-electron chi connectivity index (χ0n) is 17.3. The van der Waals surface area contributed by atoms with Gasteiger partial charge in [0.1, 0.15) is 24.7 Å². The Morgan fingerprint density at radius 2 is 1.42 bits per heavy atom.